The minimum atomic E-state index is -0.626. The average molecular weight is 319 g/mol. The van der Waals surface area contributed by atoms with Gasteiger partial charge in [0, 0.05) is 16.6 Å². The van der Waals surface area contributed by atoms with Gasteiger partial charge in [0.2, 0.25) is 5.91 Å². The quantitative estimate of drug-likeness (QED) is 0.256. The van der Waals surface area contributed by atoms with Crippen LogP contribution in [0.2, 0.25) is 0 Å². The molecule has 0 spiro atoms. The van der Waals surface area contributed by atoms with Gasteiger partial charge in [0.05, 0.1) is 22.4 Å². The van der Waals surface area contributed by atoms with Gasteiger partial charge in [-0.15, -0.1) is 11.8 Å². The Balaban J connectivity index is 1.98. The lowest BCUT2D eigenvalue weighted by Crippen LogP contribution is -2.14. The summed E-state index contributed by atoms with van der Waals surface area (Å²) in [6, 6.07) is 10.6. The molecule has 2 aromatic carbocycles. The normalized spacial score (nSPS) is 10.2. The van der Waals surface area contributed by atoms with Crippen molar-refractivity contribution >= 4 is 34.7 Å². The molecule has 2 rings (SSSR count). The van der Waals surface area contributed by atoms with Crippen LogP contribution in [0.15, 0.2) is 47.4 Å². The van der Waals surface area contributed by atoms with E-state index in [1.54, 1.807) is 18.2 Å². The van der Waals surface area contributed by atoms with Crippen LogP contribution in [0.25, 0.3) is 0 Å². The van der Waals surface area contributed by atoms with Crippen LogP contribution in [0.4, 0.5) is 17.1 Å². The van der Waals surface area contributed by atoms with Crippen LogP contribution in [0, 0.1) is 10.1 Å². The van der Waals surface area contributed by atoms with Crippen molar-refractivity contribution < 1.29 is 14.8 Å². The van der Waals surface area contributed by atoms with Gasteiger partial charge in [-0.05, 0) is 18.2 Å². The van der Waals surface area contributed by atoms with Crippen LogP contribution in [0.1, 0.15) is 0 Å². The number of nitro benzene ring substituents is 1. The van der Waals surface area contributed by atoms with Crippen LogP contribution in [0.5, 0.6) is 5.75 Å². The zero-order chi connectivity index (χ0) is 16.1. The number of carbonyl (C=O) groups is 1. The molecule has 0 heterocycles. The molecule has 0 unspecified atom stereocenters. The second kappa shape index (κ2) is 6.81. The molecule has 0 aliphatic carbocycles. The monoisotopic (exact) mass is 319 g/mol. The van der Waals surface area contributed by atoms with Crippen molar-refractivity contribution in [3.8, 4) is 5.75 Å². The van der Waals surface area contributed by atoms with Gasteiger partial charge in [-0.2, -0.15) is 0 Å². The molecular weight excluding hydrogens is 306 g/mol. The average Bonchev–Trinajstić information content (AvgIpc) is 2.48. The van der Waals surface area contributed by atoms with Crippen molar-refractivity contribution in [3.63, 3.8) is 0 Å². The Morgan fingerprint density at radius 3 is 2.68 bits per heavy atom. The molecule has 114 valence electrons. The van der Waals surface area contributed by atoms with Gasteiger partial charge in [-0.3, -0.25) is 14.9 Å². The number of rotatable bonds is 5. The fourth-order valence-electron chi connectivity index (χ4n) is 1.68. The lowest BCUT2D eigenvalue weighted by molar-refractivity contribution is -0.384. The van der Waals surface area contributed by atoms with Gasteiger partial charge in [0.25, 0.3) is 5.69 Å². The Morgan fingerprint density at radius 1 is 1.32 bits per heavy atom. The highest BCUT2D eigenvalue weighted by Crippen LogP contribution is 2.29. The number of nitrogen functional groups attached to an aromatic ring is 1. The maximum absolute atomic E-state index is 11.9. The molecule has 0 atom stereocenters. The number of nitrogens with one attached hydrogen (secondary N) is 1. The number of phenols is 1. The van der Waals surface area contributed by atoms with E-state index in [1.807, 2.05) is 6.07 Å². The number of thioether (sulfide) groups is 1. The van der Waals surface area contributed by atoms with Gasteiger partial charge in [-0.25, -0.2) is 0 Å². The number of nitrogens with two attached hydrogens (primary N) is 1. The van der Waals surface area contributed by atoms with Crippen molar-refractivity contribution in [2.24, 2.45) is 0 Å². The van der Waals surface area contributed by atoms with E-state index in [0.717, 1.165) is 11.0 Å². The second-order valence-electron chi connectivity index (χ2n) is 4.33. The van der Waals surface area contributed by atoms with Crippen LogP contribution in [-0.4, -0.2) is 21.7 Å². The molecule has 7 nitrogen and oxygen atoms in total. The van der Waals surface area contributed by atoms with E-state index in [4.69, 9.17) is 5.73 Å². The summed E-state index contributed by atoms with van der Waals surface area (Å²) in [6.45, 7) is 0. The first-order valence-electron chi connectivity index (χ1n) is 6.22. The molecule has 8 heteroatoms. The standard InChI is InChI=1S/C14H13N3O4S/c15-10-3-1-2-4-13(10)22-8-14(19)16-11-6-5-9(17(20)21)7-12(11)18/h1-7,18H,8,15H2,(H,16,19). The summed E-state index contributed by atoms with van der Waals surface area (Å²) in [4.78, 5) is 22.6. The van der Waals surface area contributed by atoms with E-state index in [1.165, 1.54) is 23.9 Å². The highest BCUT2D eigenvalue weighted by molar-refractivity contribution is 8.00. The van der Waals surface area contributed by atoms with E-state index in [0.29, 0.717) is 5.69 Å². The molecule has 22 heavy (non-hydrogen) atoms. The Kier molecular flexibility index (Phi) is 4.84. The molecule has 1 amide bonds. The SMILES string of the molecule is Nc1ccccc1SCC(=O)Nc1ccc([N+](=O)[O-])cc1O. The smallest absolute Gasteiger partial charge is 0.273 e. The molecule has 0 aliphatic rings. The minimum Gasteiger partial charge on any atom is -0.506 e. The zero-order valence-corrected chi connectivity index (χ0v) is 12.2. The topological polar surface area (TPSA) is 118 Å². The first-order valence-corrected chi connectivity index (χ1v) is 7.20. The number of phenolic OH excluding ortho intramolecular Hbond substituents is 1. The van der Waals surface area contributed by atoms with Crippen molar-refractivity contribution in [1.82, 2.24) is 0 Å². The molecule has 0 radical (unpaired) electrons. The molecule has 0 aliphatic heterocycles. The van der Waals surface area contributed by atoms with Crippen LogP contribution >= 0.6 is 11.8 Å². The number of aromatic hydroxyl groups is 1. The maximum Gasteiger partial charge on any atom is 0.273 e. The fourth-order valence-corrected chi connectivity index (χ4v) is 2.45. The minimum absolute atomic E-state index is 0.102. The van der Waals surface area contributed by atoms with Crippen molar-refractivity contribution in [2.45, 2.75) is 4.90 Å². The summed E-state index contributed by atoms with van der Waals surface area (Å²) >= 11 is 1.26. The predicted molar refractivity (Wildman–Crippen MR) is 85.0 cm³/mol. The summed E-state index contributed by atoms with van der Waals surface area (Å²) in [7, 11) is 0. The third-order valence-corrected chi connectivity index (χ3v) is 3.83. The summed E-state index contributed by atoms with van der Waals surface area (Å²) < 4.78 is 0. The van der Waals surface area contributed by atoms with Gasteiger partial charge >= 0.3 is 0 Å². The number of non-ortho nitro benzene ring substituents is 1. The number of benzene rings is 2. The predicted octanol–water partition coefficient (Wildman–Crippen LogP) is 2.61. The van der Waals surface area contributed by atoms with Gasteiger partial charge < -0.3 is 16.2 Å². The summed E-state index contributed by atoms with van der Waals surface area (Å²) in [5, 5.41) is 22.7. The van der Waals surface area contributed by atoms with E-state index in [-0.39, 0.29) is 28.8 Å². The number of nitrogens with zero attached hydrogens (tertiary/aromatic N) is 1. The molecule has 2 aromatic rings. The number of hydrogen-bond donors (Lipinski definition) is 3. The second-order valence-corrected chi connectivity index (χ2v) is 5.35. The third-order valence-electron chi connectivity index (χ3n) is 2.74. The molecular formula is C14H13N3O4S. The number of para-hydroxylation sites is 1. The molecule has 4 N–H and O–H groups in total. The van der Waals surface area contributed by atoms with Gasteiger partial charge in [0.15, 0.2) is 0 Å². The van der Waals surface area contributed by atoms with E-state index in [9.17, 15) is 20.0 Å². The molecule has 0 bridgehead atoms. The lowest BCUT2D eigenvalue weighted by Gasteiger charge is -2.08. The van der Waals surface area contributed by atoms with Crippen LogP contribution in [-0.2, 0) is 4.79 Å². The highest BCUT2D eigenvalue weighted by Gasteiger charge is 2.12. The zero-order valence-electron chi connectivity index (χ0n) is 11.4. The Labute approximate surface area is 130 Å². The summed E-state index contributed by atoms with van der Waals surface area (Å²) in [6.07, 6.45) is 0. The Hall–Kier alpha value is -2.74. The van der Waals surface area contributed by atoms with Gasteiger partial charge in [0.1, 0.15) is 5.75 Å². The maximum atomic E-state index is 11.9. The lowest BCUT2D eigenvalue weighted by atomic mass is 10.2. The Morgan fingerprint density at radius 2 is 2.05 bits per heavy atom. The molecule has 0 saturated heterocycles. The van der Waals surface area contributed by atoms with Crippen molar-refractivity contribution in [1.29, 1.82) is 0 Å². The van der Waals surface area contributed by atoms with E-state index < -0.39 is 4.92 Å². The number of amides is 1. The van der Waals surface area contributed by atoms with Gasteiger partial charge in [-0.1, -0.05) is 12.1 Å². The van der Waals surface area contributed by atoms with Crippen LogP contribution in [0.3, 0.4) is 0 Å². The number of nitro groups is 1. The number of hydrogen-bond acceptors (Lipinski definition) is 6. The Bertz CT molecular complexity index is 721. The molecule has 0 fully saturated rings. The third kappa shape index (κ3) is 3.89. The largest absolute Gasteiger partial charge is 0.506 e. The van der Waals surface area contributed by atoms with Crippen molar-refractivity contribution in [3.05, 3.63) is 52.6 Å². The van der Waals surface area contributed by atoms with E-state index in [2.05, 4.69) is 5.32 Å². The van der Waals surface area contributed by atoms with Crippen molar-refractivity contribution in [2.75, 3.05) is 16.8 Å². The first kappa shape index (κ1) is 15.6. The summed E-state index contributed by atoms with van der Waals surface area (Å²) in [5.41, 5.74) is 6.23. The fraction of sp³-hybridized carbons (Fsp3) is 0.0714. The first-order chi connectivity index (χ1) is 10.5. The number of anilines is 2. The van der Waals surface area contributed by atoms with Crippen LogP contribution < -0.4 is 11.1 Å². The molecule has 0 aromatic heterocycles. The summed E-state index contributed by atoms with van der Waals surface area (Å²) in [5.74, 6) is -0.603. The molecule has 0 saturated carbocycles. The number of carbonyl (C=O) groups excluding carboxylic acids is 1. The van der Waals surface area contributed by atoms with E-state index >= 15 is 0 Å². The highest BCUT2D eigenvalue weighted by atomic mass is 32.2.